The van der Waals surface area contributed by atoms with Gasteiger partial charge in [0.15, 0.2) is 5.78 Å². The molecule has 1 aromatic carbocycles. The Kier molecular flexibility index (Phi) is 5.17. The normalized spacial score (nSPS) is 20.4. The molecule has 0 radical (unpaired) electrons. The van der Waals surface area contributed by atoms with Crippen molar-refractivity contribution in [1.82, 2.24) is 4.31 Å². The average Bonchev–Trinajstić information content (AvgIpc) is 2.46. The molecule has 0 amide bonds. The third-order valence-electron chi connectivity index (χ3n) is 4.12. The summed E-state index contributed by atoms with van der Waals surface area (Å²) >= 11 is 0. The molecule has 1 atom stereocenters. The van der Waals surface area contributed by atoms with E-state index >= 15 is 0 Å². The van der Waals surface area contributed by atoms with Crippen LogP contribution < -0.4 is 0 Å². The van der Waals surface area contributed by atoms with Gasteiger partial charge in [0.2, 0.25) is 10.0 Å². The highest BCUT2D eigenvalue weighted by Crippen LogP contribution is 2.24. The summed E-state index contributed by atoms with van der Waals surface area (Å²) in [5.74, 6) is 0.263. The SMILES string of the molecule is CCc1ccccc1C(=O)CC1CCCN(S(C)(=O)=O)C1. The van der Waals surface area contributed by atoms with Crippen LogP contribution in [-0.4, -0.2) is 37.9 Å². The van der Waals surface area contributed by atoms with Gasteiger partial charge in [-0.05, 0) is 30.7 Å². The molecule has 0 aliphatic carbocycles. The molecule has 116 valence electrons. The van der Waals surface area contributed by atoms with Crippen molar-refractivity contribution in [2.24, 2.45) is 5.92 Å². The first-order valence-electron chi connectivity index (χ1n) is 7.48. The average molecular weight is 309 g/mol. The Morgan fingerprint density at radius 3 is 2.71 bits per heavy atom. The predicted octanol–water partition coefficient (Wildman–Crippen LogP) is 2.49. The molecule has 0 N–H and O–H groups in total. The monoisotopic (exact) mass is 309 g/mol. The van der Waals surface area contributed by atoms with E-state index in [1.54, 1.807) is 0 Å². The van der Waals surface area contributed by atoms with Crippen molar-refractivity contribution in [2.75, 3.05) is 19.3 Å². The fourth-order valence-electron chi connectivity index (χ4n) is 2.97. The van der Waals surface area contributed by atoms with Crippen LogP contribution in [0.15, 0.2) is 24.3 Å². The Balaban J connectivity index is 2.06. The topological polar surface area (TPSA) is 54.5 Å². The van der Waals surface area contributed by atoms with E-state index in [4.69, 9.17) is 0 Å². The summed E-state index contributed by atoms with van der Waals surface area (Å²) in [6.45, 7) is 3.09. The van der Waals surface area contributed by atoms with Gasteiger partial charge in [-0.1, -0.05) is 31.2 Å². The third-order valence-corrected chi connectivity index (χ3v) is 5.39. The highest BCUT2D eigenvalue weighted by Gasteiger charge is 2.27. The van der Waals surface area contributed by atoms with Crippen LogP contribution in [0.25, 0.3) is 0 Å². The predicted molar refractivity (Wildman–Crippen MR) is 83.9 cm³/mol. The zero-order valence-corrected chi connectivity index (χ0v) is 13.5. The number of carbonyl (C=O) groups is 1. The van der Waals surface area contributed by atoms with E-state index in [-0.39, 0.29) is 11.7 Å². The lowest BCUT2D eigenvalue weighted by Crippen LogP contribution is -2.39. The van der Waals surface area contributed by atoms with E-state index in [0.29, 0.717) is 19.5 Å². The molecule has 21 heavy (non-hydrogen) atoms. The Morgan fingerprint density at radius 1 is 1.33 bits per heavy atom. The molecule has 1 heterocycles. The minimum absolute atomic E-state index is 0.130. The molecule has 0 spiro atoms. The number of rotatable bonds is 5. The molecule has 1 unspecified atom stereocenters. The zero-order chi connectivity index (χ0) is 15.5. The fourth-order valence-corrected chi connectivity index (χ4v) is 3.91. The molecule has 4 nitrogen and oxygen atoms in total. The van der Waals surface area contributed by atoms with Crippen LogP contribution in [0.4, 0.5) is 0 Å². The van der Waals surface area contributed by atoms with Gasteiger partial charge >= 0.3 is 0 Å². The number of ketones is 1. The Hall–Kier alpha value is -1.20. The van der Waals surface area contributed by atoms with Gasteiger partial charge in [-0.15, -0.1) is 0 Å². The molecule has 0 bridgehead atoms. The molecular formula is C16H23NO3S. The summed E-state index contributed by atoms with van der Waals surface area (Å²) < 4.78 is 24.8. The van der Waals surface area contributed by atoms with Gasteiger partial charge in [-0.3, -0.25) is 4.79 Å². The van der Waals surface area contributed by atoms with Crippen LogP contribution in [0.5, 0.6) is 0 Å². The summed E-state index contributed by atoms with van der Waals surface area (Å²) in [7, 11) is -3.15. The standard InChI is InChI=1S/C16H23NO3S/c1-3-14-8-4-5-9-15(14)16(18)11-13-7-6-10-17(12-13)21(2,19)20/h4-5,8-9,13H,3,6-7,10-12H2,1-2H3. The molecule has 0 aromatic heterocycles. The largest absolute Gasteiger partial charge is 0.294 e. The number of hydrogen-bond acceptors (Lipinski definition) is 3. The highest BCUT2D eigenvalue weighted by molar-refractivity contribution is 7.88. The van der Waals surface area contributed by atoms with Crippen LogP contribution >= 0.6 is 0 Å². The second kappa shape index (κ2) is 6.71. The van der Waals surface area contributed by atoms with Gasteiger partial charge in [0.05, 0.1) is 6.26 Å². The van der Waals surface area contributed by atoms with Crippen molar-refractivity contribution < 1.29 is 13.2 Å². The maximum atomic E-state index is 12.5. The lowest BCUT2D eigenvalue weighted by atomic mass is 9.90. The molecule has 1 aliphatic rings. The van der Waals surface area contributed by atoms with Crippen molar-refractivity contribution in [3.8, 4) is 0 Å². The number of carbonyl (C=O) groups excluding carboxylic acids is 1. The van der Waals surface area contributed by atoms with Gasteiger partial charge in [-0.2, -0.15) is 0 Å². The third kappa shape index (κ3) is 4.14. The van der Waals surface area contributed by atoms with Crippen LogP contribution in [0, 0.1) is 5.92 Å². The van der Waals surface area contributed by atoms with E-state index in [9.17, 15) is 13.2 Å². The smallest absolute Gasteiger partial charge is 0.211 e. The van der Waals surface area contributed by atoms with Crippen molar-refractivity contribution in [2.45, 2.75) is 32.6 Å². The maximum Gasteiger partial charge on any atom is 0.211 e. The number of piperidine rings is 1. The van der Waals surface area contributed by atoms with Crippen molar-refractivity contribution >= 4 is 15.8 Å². The number of nitrogens with zero attached hydrogens (tertiary/aromatic N) is 1. The number of benzene rings is 1. The van der Waals surface area contributed by atoms with Gasteiger partial charge in [0.1, 0.15) is 0 Å². The highest BCUT2D eigenvalue weighted by atomic mass is 32.2. The maximum absolute atomic E-state index is 12.5. The molecular weight excluding hydrogens is 286 g/mol. The van der Waals surface area contributed by atoms with E-state index in [1.807, 2.05) is 31.2 Å². The van der Waals surface area contributed by atoms with E-state index in [0.717, 1.165) is 30.4 Å². The molecule has 1 aliphatic heterocycles. The fraction of sp³-hybridized carbons (Fsp3) is 0.562. The van der Waals surface area contributed by atoms with Crippen molar-refractivity contribution in [1.29, 1.82) is 0 Å². The van der Waals surface area contributed by atoms with Crippen LogP contribution in [-0.2, 0) is 16.4 Å². The minimum Gasteiger partial charge on any atom is -0.294 e. The van der Waals surface area contributed by atoms with Crippen molar-refractivity contribution in [3.63, 3.8) is 0 Å². The quantitative estimate of drug-likeness (QED) is 0.785. The Bertz CT molecular complexity index is 610. The first-order valence-corrected chi connectivity index (χ1v) is 9.33. The summed E-state index contributed by atoms with van der Waals surface area (Å²) in [5.41, 5.74) is 1.86. The van der Waals surface area contributed by atoms with Gasteiger partial charge in [0.25, 0.3) is 0 Å². The number of hydrogen-bond donors (Lipinski definition) is 0. The summed E-state index contributed by atoms with van der Waals surface area (Å²) in [5, 5.41) is 0. The lowest BCUT2D eigenvalue weighted by molar-refractivity contribution is 0.0941. The first kappa shape index (κ1) is 16.2. The number of sulfonamides is 1. The second-order valence-corrected chi connectivity index (χ2v) is 7.75. The van der Waals surface area contributed by atoms with Crippen LogP contribution in [0.2, 0.25) is 0 Å². The lowest BCUT2D eigenvalue weighted by Gasteiger charge is -2.30. The summed E-state index contributed by atoms with van der Waals surface area (Å²) in [6.07, 6.45) is 4.27. The Labute approximate surface area is 127 Å². The molecule has 1 saturated heterocycles. The molecule has 1 aromatic rings. The van der Waals surface area contributed by atoms with E-state index in [1.165, 1.54) is 10.6 Å². The molecule has 5 heteroatoms. The second-order valence-electron chi connectivity index (χ2n) is 5.77. The summed E-state index contributed by atoms with van der Waals surface area (Å²) in [6, 6.07) is 7.69. The van der Waals surface area contributed by atoms with Gasteiger partial charge < -0.3 is 0 Å². The molecule has 2 rings (SSSR count). The van der Waals surface area contributed by atoms with Gasteiger partial charge in [-0.25, -0.2) is 12.7 Å². The van der Waals surface area contributed by atoms with Crippen molar-refractivity contribution in [3.05, 3.63) is 35.4 Å². The first-order chi connectivity index (χ1) is 9.91. The zero-order valence-electron chi connectivity index (χ0n) is 12.7. The van der Waals surface area contributed by atoms with Crippen LogP contribution in [0.1, 0.15) is 42.1 Å². The Morgan fingerprint density at radius 2 is 2.05 bits per heavy atom. The van der Waals surface area contributed by atoms with E-state index < -0.39 is 10.0 Å². The van der Waals surface area contributed by atoms with Gasteiger partial charge in [0, 0.05) is 25.1 Å². The minimum atomic E-state index is -3.15. The molecule has 0 saturated carbocycles. The van der Waals surface area contributed by atoms with Crippen LogP contribution in [0.3, 0.4) is 0 Å². The summed E-state index contributed by atoms with van der Waals surface area (Å²) in [4.78, 5) is 12.5. The number of Topliss-reactive ketones (excluding diaryl/α,β-unsaturated/α-hetero) is 1. The van der Waals surface area contributed by atoms with E-state index in [2.05, 4.69) is 0 Å². The number of aryl methyl sites for hydroxylation is 1. The molecule has 1 fully saturated rings.